The summed E-state index contributed by atoms with van der Waals surface area (Å²) in [6.45, 7) is 4.32. The molecule has 5 aliphatic rings. The summed E-state index contributed by atoms with van der Waals surface area (Å²) in [6.07, 6.45) is 7.29. The topological polar surface area (TPSA) is 121 Å². The molecular formula is C26H32O9. The van der Waals surface area contributed by atoms with Crippen LogP contribution in [0.15, 0.2) is 36.0 Å². The lowest BCUT2D eigenvalue weighted by Crippen LogP contribution is -2.60. The third kappa shape index (κ3) is 4.34. The summed E-state index contributed by atoms with van der Waals surface area (Å²) in [6, 6.07) is 0. The molecule has 0 aromatic heterocycles. The largest absolute Gasteiger partial charge is 0.463 e. The zero-order valence-electron chi connectivity index (χ0n) is 20.0. The molecule has 0 radical (unpaired) electrons. The first-order valence-electron chi connectivity index (χ1n) is 12.3. The number of hydrogen-bond acceptors (Lipinski definition) is 9. The maximum absolute atomic E-state index is 12.8. The lowest BCUT2D eigenvalue weighted by atomic mass is 9.60. The number of aliphatic hydroxyl groups is 1. The van der Waals surface area contributed by atoms with Crippen LogP contribution >= 0.6 is 0 Å². The van der Waals surface area contributed by atoms with Crippen LogP contribution in [0, 0.1) is 17.3 Å². The summed E-state index contributed by atoms with van der Waals surface area (Å²) in [7, 11) is 0. The Kier molecular flexibility index (Phi) is 6.35. The van der Waals surface area contributed by atoms with Crippen LogP contribution in [0.5, 0.6) is 0 Å². The molecule has 190 valence electrons. The van der Waals surface area contributed by atoms with E-state index in [1.165, 1.54) is 29.9 Å². The second-order valence-electron chi connectivity index (χ2n) is 10.4. The van der Waals surface area contributed by atoms with E-state index < -0.39 is 47.0 Å². The Morgan fingerprint density at radius 1 is 1.06 bits per heavy atom. The number of hydrogen-bond donors (Lipinski definition) is 1. The van der Waals surface area contributed by atoms with Gasteiger partial charge in [0.25, 0.3) is 0 Å². The molecule has 2 saturated heterocycles. The van der Waals surface area contributed by atoms with Crippen molar-refractivity contribution in [1.82, 2.24) is 0 Å². The molecule has 3 aliphatic heterocycles. The van der Waals surface area contributed by atoms with Gasteiger partial charge in [0.1, 0.15) is 18.3 Å². The van der Waals surface area contributed by atoms with Gasteiger partial charge >= 0.3 is 17.9 Å². The SMILES string of the molecule is CC1=CC2OC3C[C@H]4OC(=O)/C=C/C=CC(=O)OCC[C@@H](C)[C@H](O)C(=O)OC[C@@]2(CC1)C4[C@@]31CO1. The zero-order valence-corrected chi connectivity index (χ0v) is 20.0. The van der Waals surface area contributed by atoms with E-state index in [1.54, 1.807) is 6.92 Å². The van der Waals surface area contributed by atoms with Gasteiger partial charge in [-0.15, -0.1) is 0 Å². The molecule has 2 spiro atoms. The molecule has 2 aliphatic carbocycles. The molecule has 3 heterocycles. The fourth-order valence-electron chi connectivity index (χ4n) is 6.19. The van der Waals surface area contributed by atoms with Crippen molar-refractivity contribution in [2.75, 3.05) is 19.8 Å². The highest BCUT2D eigenvalue weighted by molar-refractivity contribution is 5.84. The van der Waals surface area contributed by atoms with Crippen LogP contribution < -0.4 is 0 Å². The standard InChI is InChI=1S/C26H32O9/c1-15-7-9-25-13-32-24(30)22(29)16(2)8-10-31-20(27)5-3-4-6-21(28)34-17-12-19(35-18(25)11-15)26(14-33-26)23(17)25/h3-6,11,16-19,22-23,29H,7-10,12-14H2,1-2H3/b5-3?,6-4+/t16-,17-,18?,19?,22+,23?,25-,26-/m1/s1. The zero-order chi connectivity index (χ0) is 24.8. The Balaban J connectivity index is 1.48. The Morgan fingerprint density at radius 2 is 1.80 bits per heavy atom. The minimum Gasteiger partial charge on any atom is -0.463 e. The number of carbonyl (C=O) groups is 3. The Labute approximate surface area is 204 Å². The van der Waals surface area contributed by atoms with E-state index in [1.807, 2.05) is 0 Å². The van der Waals surface area contributed by atoms with Gasteiger partial charge in [0, 0.05) is 29.9 Å². The van der Waals surface area contributed by atoms with E-state index in [4.69, 9.17) is 23.7 Å². The van der Waals surface area contributed by atoms with Gasteiger partial charge < -0.3 is 28.8 Å². The quantitative estimate of drug-likeness (QED) is 0.235. The Hall–Kier alpha value is -2.49. The van der Waals surface area contributed by atoms with Crippen molar-refractivity contribution in [2.24, 2.45) is 17.3 Å². The second-order valence-corrected chi connectivity index (χ2v) is 10.4. The van der Waals surface area contributed by atoms with E-state index in [9.17, 15) is 19.5 Å². The minimum absolute atomic E-state index is 0.0220. The highest BCUT2D eigenvalue weighted by Gasteiger charge is 2.76. The molecular weight excluding hydrogens is 456 g/mol. The van der Waals surface area contributed by atoms with Crippen molar-refractivity contribution >= 4 is 17.9 Å². The van der Waals surface area contributed by atoms with Crippen LogP contribution in [0.1, 0.15) is 39.5 Å². The molecule has 35 heavy (non-hydrogen) atoms. The smallest absolute Gasteiger partial charge is 0.335 e. The van der Waals surface area contributed by atoms with Crippen LogP contribution in [-0.4, -0.2) is 72.9 Å². The molecule has 0 aromatic carbocycles. The number of cyclic esters (lactones) is 2. The van der Waals surface area contributed by atoms with E-state index in [-0.39, 0.29) is 31.3 Å². The number of epoxide rings is 1. The van der Waals surface area contributed by atoms with Gasteiger partial charge in [-0.05, 0) is 32.1 Å². The van der Waals surface area contributed by atoms with Crippen LogP contribution in [0.2, 0.25) is 0 Å². The third-order valence-electron chi connectivity index (χ3n) is 8.21. The van der Waals surface area contributed by atoms with Gasteiger partial charge in [-0.25, -0.2) is 14.4 Å². The summed E-state index contributed by atoms with van der Waals surface area (Å²) in [5.74, 6) is -2.53. The number of aliphatic hydroxyl groups excluding tert-OH is 1. The molecule has 0 aromatic rings. The normalized spacial score (nSPS) is 44.8. The first-order valence-corrected chi connectivity index (χ1v) is 12.3. The van der Waals surface area contributed by atoms with Gasteiger partial charge in [0.15, 0.2) is 6.10 Å². The Morgan fingerprint density at radius 3 is 2.54 bits per heavy atom. The fourth-order valence-corrected chi connectivity index (χ4v) is 6.19. The lowest BCUT2D eigenvalue weighted by molar-refractivity contribution is -0.199. The van der Waals surface area contributed by atoms with Crippen LogP contribution in [0.4, 0.5) is 0 Å². The van der Waals surface area contributed by atoms with Crippen LogP contribution in [0.3, 0.4) is 0 Å². The highest BCUT2D eigenvalue weighted by atomic mass is 16.6. The van der Waals surface area contributed by atoms with Crippen LogP contribution in [-0.2, 0) is 38.1 Å². The van der Waals surface area contributed by atoms with Gasteiger partial charge in [-0.1, -0.05) is 30.7 Å². The predicted octanol–water partition coefficient (Wildman–Crippen LogP) is 1.78. The summed E-state index contributed by atoms with van der Waals surface area (Å²) in [5.41, 5.74) is -0.00513. The van der Waals surface area contributed by atoms with Gasteiger partial charge in [-0.3, -0.25) is 0 Å². The molecule has 3 fully saturated rings. The van der Waals surface area contributed by atoms with Crippen molar-refractivity contribution in [3.8, 4) is 0 Å². The maximum atomic E-state index is 12.8. The number of allylic oxidation sites excluding steroid dienone is 3. The number of carbonyl (C=O) groups excluding carboxylic acids is 3. The number of esters is 3. The summed E-state index contributed by atoms with van der Waals surface area (Å²) >= 11 is 0. The number of ether oxygens (including phenoxy) is 5. The van der Waals surface area contributed by atoms with Crippen molar-refractivity contribution in [1.29, 1.82) is 0 Å². The number of rotatable bonds is 0. The lowest BCUT2D eigenvalue weighted by Gasteiger charge is -2.52. The molecule has 9 heteroatoms. The molecule has 9 nitrogen and oxygen atoms in total. The maximum Gasteiger partial charge on any atom is 0.335 e. The Bertz CT molecular complexity index is 977. The van der Waals surface area contributed by atoms with E-state index in [2.05, 4.69) is 13.0 Å². The molecule has 2 bridgehead atoms. The molecule has 1 N–H and O–H groups in total. The van der Waals surface area contributed by atoms with Gasteiger partial charge in [0.05, 0.1) is 25.4 Å². The van der Waals surface area contributed by atoms with Crippen molar-refractivity contribution in [2.45, 2.75) is 69.5 Å². The second kappa shape index (κ2) is 9.19. The molecule has 0 amide bonds. The first kappa shape index (κ1) is 24.2. The van der Waals surface area contributed by atoms with Crippen molar-refractivity contribution < 1.29 is 43.2 Å². The van der Waals surface area contributed by atoms with Crippen LogP contribution in [0.25, 0.3) is 0 Å². The molecule has 3 unspecified atom stereocenters. The average Bonchev–Trinajstić information content (AvgIpc) is 3.56. The average molecular weight is 489 g/mol. The van der Waals surface area contributed by atoms with E-state index >= 15 is 0 Å². The first-order chi connectivity index (χ1) is 16.7. The minimum atomic E-state index is -1.36. The third-order valence-corrected chi connectivity index (χ3v) is 8.21. The van der Waals surface area contributed by atoms with Crippen molar-refractivity contribution in [3.05, 3.63) is 36.0 Å². The highest BCUT2D eigenvalue weighted by Crippen LogP contribution is 2.65. The molecule has 8 atom stereocenters. The fraction of sp³-hybridized carbons (Fsp3) is 0.654. The van der Waals surface area contributed by atoms with Gasteiger partial charge in [-0.2, -0.15) is 0 Å². The monoisotopic (exact) mass is 488 g/mol. The predicted molar refractivity (Wildman–Crippen MR) is 121 cm³/mol. The van der Waals surface area contributed by atoms with E-state index in [0.29, 0.717) is 25.9 Å². The summed E-state index contributed by atoms with van der Waals surface area (Å²) in [5, 5.41) is 10.6. The summed E-state index contributed by atoms with van der Waals surface area (Å²) in [4.78, 5) is 37.3. The van der Waals surface area contributed by atoms with Crippen molar-refractivity contribution in [3.63, 3.8) is 0 Å². The summed E-state index contributed by atoms with van der Waals surface area (Å²) < 4.78 is 29.2. The molecule has 5 rings (SSSR count). The van der Waals surface area contributed by atoms with E-state index in [0.717, 1.165) is 6.42 Å². The molecule has 1 saturated carbocycles. The van der Waals surface area contributed by atoms with Gasteiger partial charge in [0.2, 0.25) is 0 Å².